The van der Waals surface area contributed by atoms with Crippen LogP contribution in [0.1, 0.15) is 11.1 Å². The van der Waals surface area contributed by atoms with E-state index >= 15 is 0 Å². The predicted octanol–water partition coefficient (Wildman–Crippen LogP) is 2.87. The Hall–Kier alpha value is -2.73. The third-order valence-corrected chi connectivity index (χ3v) is 4.62. The molecule has 0 aliphatic carbocycles. The monoisotopic (exact) mass is 451 g/mol. The first kappa shape index (κ1) is 23.5. The van der Waals surface area contributed by atoms with Crippen molar-refractivity contribution in [2.45, 2.75) is 12.8 Å². The van der Waals surface area contributed by atoms with Gasteiger partial charge in [0.25, 0.3) is 16.0 Å². The van der Waals surface area contributed by atoms with Gasteiger partial charge >= 0.3 is 0 Å². The summed E-state index contributed by atoms with van der Waals surface area (Å²) in [5.41, 5.74) is 1.48. The molecule has 0 radical (unpaired) electrons. The van der Waals surface area contributed by atoms with Gasteiger partial charge in [0.05, 0.1) is 26.3 Å². The molecule has 160 valence electrons. The molecule has 2 rings (SSSR count). The van der Waals surface area contributed by atoms with E-state index < -0.39 is 16.0 Å². The van der Waals surface area contributed by atoms with Crippen molar-refractivity contribution in [3.8, 4) is 23.8 Å². The number of hydrogen-bond acceptors (Lipinski definition) is 6. The van der Waals surface area contributed by atoms with Crippen LogP contribution >= 0.6 is 11.6 Å². The molecule has 9 heteroatoms. The van der Waals surface area contributed by atoms with Crippen LogP contribution in [0.2, 0.25) is 5.02 Å². The van der Waals surface area contributed by atoms with Crippen LogP contribution in [0.15, 0.2) is 42.5 Å². The van der Waals surface area contributed by atoms with E-state index in [0.29, 0.717) is 28.5 Å². The van der Waals surface area contributed by atoms with Gasteiger partial charge in [-0.2, -0.15) is 8.42 Å². The second-order valence-corrected chi connectivity index (χ2v) is 8.30. The molecule has 0 N–H and O–H groups in total. The lowest BCUT2D eigenvalue weighted by Gasteiger charge is -2.20. The zero-order valence-corrected chi connectivity index (χ0v) is 18.2. The van der Waals surface area contributed by atoms with Gasteiger partial charge in [-0.3, -0.25) is 4.79 Å². The van der Waals surface area contributed by atoms with E-state index in [0.717, 1.165) is 16.9 Å². The first-order valence-electron chi connectivity index (χ1n) is 8.89. The van der Waals surface area contributed by atoms with Gasteiger partial charge in [-0.1, -0.05) is 35.7 Å². The number of benzene rings is 2. The topological polar surface area (TPSA) is 82.1 Å². The minimum atomic E-state index is -3.88. The number of terminal acetylenes is 1. The molecule has 0 atom stereocenters. The molecule has 2 aromatic rings. The van der Waals surface area contributed by atoms with E-state index in [-0.39, 0.29) is 19.6 Å². The molecule has 0 heterocycles. The van der Waals surface area contributed by atoms with E-state index in [1.165, 1.54) is 7.11 Å². The summed E-state index contributed by atoms with van der Waals surface area (Å²) in [7, 11) is -2.38. The van der Waals surface area contributed by atoms with Gasteiger partial charge in [0.1, 0.15) is 6.61 Å². The lowest BCUT2D eigenvalue weighted by atomic mass is 10.1. The Bertz CT molecular complexity index is 1010. The lowest BCUT2D eigenvalue weighted by molar-refractivity contribution is -0.155. The maximum atomic E-state index is 12.6. The molecular weight excluding hydrogens is 430 g/mol. The fraction of sp³-hybridized carbons (Fsp3) is 0.286. The highest BCUT2D eigenvalue weighted by molar-refractivity contribution is 7.85. The summed E-state index contributed by atoms with van der Waals surface area (Å²) < 4.78 is 38.8. The summed E-state index contributed by atoms with van der Waals surface area (Å²) in [6.45, 7) is 0.123. The quantitative estimate of drug-likeness (QED) is 0.408. The number of hydrogen-bond donors (Lipinski definition) is 0. The van der Waals surface area contributed by atoms with Crippen molar-refractivity contribution in [3.63, 3.8) is 0 Å². The first-order chi connectivity index (χ1) is 14.2. The molecule has 30 heavy (non-hydrogen) atoms. The fourth-order valence-electron chi connectivity index (χ4n) is 2.57. The van der Waals surface area contributed by atoms with Crippen molar-refractivity contribution < 1.29 is 27.0 Å². The number of hydroxylamine groups is 2. The van der Waals surface area contributed by atoms with E-state index in [9.17, 15) is 13.2 Å². The zero-order chi connectivity index (χ0) is 22.1. The van der Waals surface area contributed by atoms with Gasteiger partial charge < -0.3 is 9.47 Å². The number of rotatable bonds is 10. The molecule has 0 unspecified atom stereocenters. The second-order valence-electron chi connectivity index (χ2n) is 6.31. The van der Waals surface area contributed by atoms with Crippen molar-refractivity contribution in [2.24, 2.45) is 0 Å². The zero-order valence-electron chi connectivity index (χ0n) is 16.6. The largest absolute Gasteiger partial charge is 0.493 e. The van der Waals surface area contributed by atoms with Crippen LogP contribution in [0.5, 0.6) is 11.5 Å². The summed E-state index contributed by atoms with van der Waals surface area (Å²) in [6, 6.07) is 11.9. The summed E-state index contributed by atoms with van der Waals surface area (Å²) >= 11 is 5.85. The number of carbonyl (C=O) groups excluding carboxylic acids is 1. The number of carbonyl (C=O) groups is 1. The Morgan fingerprint density at radius 1 is 1.13 bits per heavy atom. The molecule has 0 bridgehead atoms. The molecule has 0 aliphatic heterocycles. The van der Waals surface area contributed by atoms with E-state index in [1.807, 2.05) is 0 Å². The molecule has 2 aromatic carbocycles. The normalized spacial score (nSPS) is 10.9. The van der Waals surface area contributed by atoms with Gasteiger partial charge in [-0.15, -0.1) is 10.7 Å². The van der Waals surface area contributed by atoms with Crippen LogP contribution in [0.3, 0.4) is 0 Å². The SMILES string of the molecule is C#CCOc1ccc(CCN(OS(C)(=O)=O)C(=O)Cc2ccc(Cl)cc2)cc1OC. The Balaban J connectivity index is 2.11. The molecule has 0 saturated carbocycles. The fourth-order valence-corrected chi connectivity index (χ4v) is 3.18. The van der Waals surface area contributed by atoms with Crippen LogP contribution in [-0.2, 0) is 32.0 Å². The van der Waals surface area contributed by atoms with E-state index in [4.69, 9.17) is 31.8 Å². The van der Waals surface area contributed by atoms with E-state index in [1.54, 1.807) is 42.5 Å². The van der Waals surface area contributed by atoms with Crippen LogP contribution in [-0.4, -0.2) is 45.9 Å². The standard InChI is InChI=1S/C21H22ClNO6S/c1-4-13-28-19-10-7-17(14-20(19)27-2)11-12-23(29-30(3,25)26)21(24)15-16-5-8-18(22)9-6-16/h1,5-10,14H,11-13,15H2,2-3H3. The summed E-state index contributed by atoms with van der Waals surface area (Å²) in [6.07, 6.45) is 6.38. The van der Waals surface area contributed by atoms with Gasteiger partial charge in [-0.05, 0) is 41.8 Å². The molecule has 0 aromatic heterocycles. The molecular formula is C21H22ClNO6S. The molecule has 0 saturated heterocycles. The Morgan fingerprint density at radius 3 is 2.40 bits per heavy atom. The van der Waals surface area contributed by atoms with E-state index in [2.05, 4.69) is 5.92 Å². The van der Waals surface area contributed by atoms with Crippen molar-refractivity contribution in [3.05, 3.63) is 58.6 Å². The summed E-state index contributed by atoms with van der Waals surface area (Å²) in [4.78, 5) is 12.6. The molecule has 0 fully saturated rings. The predicted molar refractivity (Wildman–Crippen MR) is 114 cm³/mol. The average molecular weight is 452 g/mol. The minimum Gasteiger partial charge on any atom is -0.493 e. The number of halogens is 1. The second kappa shape index (κ2) is 10.9. The van der Waals surface area contributed by atoms with Crippen molar-refractivity contribution in [1.29, 1.82) is 0 Å². The van der Waals surface area contributed by atoms with Crippen LogP contribution < -0.4 is 9.47 Å². The van der Waals surface area contributed by atoms with Crippen molar-refractivity contribution >= 4 is 27.6 Å². The summed E-state index contributed by atoms with van der Waals surface area (Å²) in [5, 5.41) is 1.39. The Morgan fingerprint density at radius 2 is 1.80 bits per heavy atom. The molecule has 0 aliphatic rings. The van der Waals surface area contributed by atoms with Crippen LogP contribution in [0.25, 0.3) is 0 Å². The van der Waals surface area contributed by atoms with Gasteiger partial charge in [0.15, 0.2) is 11.5 Å². The maximum absolute atomic E-state index is 12.6. The van der Waals surface area contributed by atoms with Crippen LogP contribution in [0, 0.1) is 12.3 Å². The smallest absolute Gasteiger partial charge is 0.285 e. The van der Waals surface area contributed by atoms with Crippen molar-refractivity contribution in [1.82, 2.24) is 5.06 Å². The van der Waals surface area contributed by atoms with Gasteiger partial charge in [0.2, 0.25) is 0 Å². The van der Waals surface area contributed by atoms with Crippen molar-refractivity contribution in [2.75, 3.05) is 26.5 Å². The van der Waals surface area contributed by atoms with Gasteiger partial charge in [-0.25, -0.2) is 5.06 Å². The highest BCUT2D eigenvalue weighted by Crippen LogP contribution is 2.28. The Kier molecular flexibility index (Phi) is 8.54. The molecule has 1 amide bonds. The third kappa shape index (κ3) is 7.59. The number of amides is 1. The first-order valence-corrected chi connectivity index (χ1v) is 11.1. The third-order valence-electron chi connectivity index (χ3n) is 3.91. The highest BCUT2D eigenvalue weighted by atomic mass is 35.5. The molecule has 0 spiro atoms. The Labute approximate surface area is 181 Å². The highest BCUT2D eigenvalue weighted by Gasteiger charge is 2.20. The van der Waals surface area contributed by atoms with Crippen LogP contribution in [0.4, 0.5) is 0 Å². The lowest BCUT2D eigenvalue weighted by Crippen LogP contribution is -2.36. The average Bonchev–Trinajstić information content (AvgIpc) is 2.70. The number of ether oxygens (including phenoxy) is 2. The van der Waals surface area contributed by atoms with Gasteiger partial charge in [0, 0.05) is 5.02 Å². The minimum absolute atomic E-state index is 0.0210. The summed E-state index contributed by atoms with van der Waals surface area (Å²) in [5.74, 6) is 2.85. The number of methoxy groups -OCH3 is 1. The molecule has 7 nitrogen and oxygen atoms in total. The maximum Gasteiger partial charge on any atom is 0.285 e. The number of nitrogens with zero attached hydrogens (tertiary/aromatic N) is 1.